The first-order valence-electron chi connectivity index (χ1n) is 6.70. The van der Waals surface area contributed by atoms with Crippen molar-refractivity contribution in [2.75, 3.05) is 0 Å². The highest BCUT2D eigenvalue weighted by molar-refractivity contribution is 6.20. The Balaban J connectivity index is 2.09. The maximum atomic E-state index is 12.1. The molecule has 0 amide bonds. The lowest BCUT2D eigenvalue weighted by atomic mass is 9.98. The third kappa shape index (κ3) is 4.43. The van der Waals surface area contributed by atoms with Crippen molar-refractivity contribution < 1.29 is 13.5 Å². The second-order valence-electron chi connectivity index (χ2n) is 5.05. The minimum absolute atomic E-state index is 0.143. The second-order valence-corrected chi connectivity index (χ2v) is 5.58. The number of hydrogen-bond acceptors (Lipinski definition) is 1. The predicted octanol–water partition coefficient (Wildman–Crippen LogP) is 5.43. The maximum absolute atomic E-state index is 12.1. The molecule has 0 bridgehead atoms. The first-order chi connectivity index (χ1) is 9.95. The Hall–Kier alpha value is -1.61. The minimum atomic E-state index is -2.81. The van der Waals surface area contributed by atoms with E-state index in [9.17, 15) is 8.78 Å². The summed E-state index contributed by atoms with van der Waals surface area (Å²) in [5.41, 5.74) is 4.48. The summed E-state index contributed by atoms with van der Waals surface area (Å²) in [4.78, 5) is 0. The van der Waals surface area contributed by atoms with Gasteiger partial charge in [-0.15, -0.1) is 11.6 Å². The Kier molecular flexibility index (Phi) is 5.18. The van der Waals surface area contributed by atoms with Crippen LogP contribution in [0.3, 0.4) is 0 Å². The van der Waals surface area contributed by atoms with Gasteiger partial charge < -0.3 is 4.74 Å². The van der Waals surface area contributed by atoms with Gasteiger partial charge in [-0.25, -0.2) is 0 Å². The summed E-state index contributed by atoms with van der Waals surface area (Å²) in [5.74, 6) is 0.143. The molecule has 21 heavy (non-hydrogen) atoms. The van der Waals surface area contributed by atoms with Gasteiger partial charge in [0.25, 0.3) is 0 Å². The van der Waals surface area contributed by atoms with Gasteiger partial charge in [0.2, 0.25) is 0 Å². The summed E-state index contributed by atoms with van der Waals surface area (Å²) in [6, 6.07) is 12.7. The first-order valence-corrected chi connectivity index (χ1v) is 7.14. The third-order valence-corrected chi connectivity index (χ3v) is 3.78. The van der Waals surface area contributed by atoms with Crippen LogP contribution < -0.4 is 4.74 Å². The summed E-state index contributed by atoms with van der Waals surface area (Å²) in [6.45, 7) is 1.29. The average Bonchev–Trinajstić information content (AvgIpc) is 2.43. The lowest BCUT2D eigenvalue weighted by molar-refractivity contribution is -0.0498. The quantitative estimate of drug-likeness (QED) is 0.669. The number of hydrogen-bond donors (Lipinski definition) is 0. The highest BCUT2D eigenvalue weighted by atomic mass is 35.5. The van der Waals surface area contributed by atoms with Crippen molar-refractivity contribution in [2.45, 2.75) is 32.3 Å². The Bertz CT molecular complexity index is 596. The van der Waals surface area contributed by atoms with Crippen LogP contribution in [0.1, 0.15) is 27.6 Å². The van der Waals surface area contributed by atoms with E-state index in [1.165, 1.54) is 28.8 Å². The summed E-state index contributed by atoms with van der Waals surface area (Å²) in [6.07, 6.45) is 0.699. The van der Waals surface area contributed by atoms with Gasteiger partial charge in [-0.1, -0.05) is 35.9 Å². The largest absolute Gasteiger partial charge is 0.435 e. The summed E-state index contributed by atoms with van der Waals surface area (Å²) >= 11 is 6.43. The molecule has 0 aliphatic heterocycles. The van der Waals surface area contributed by atoms with Crippen LogP contribution in [0.15, 0.2) is 42.5 Å². The van der Waals surface area contributed by atoms with Crippen LogP contribution in [0.25, 0.3) is 0 Å². The van der Waals surface area contributed by atoms with Crippen LogP contribution in [-0.4, -0.2) is 6.61 Å². The van der Waals surface area contributed by atoms with Gasteiger partial charge in [0.1, 0.15) is 5.75 Å². The minimum Gasteiger partial charge on any atom is -0.435 e. The van der Waals surface area contributed by atoms with Gasteiger partial charge >= 0.3 is 6.61 Å². The van der Waals surface area contributed by atoms with Crippen molar-refractivity contribution >= 4 is 11.6 Å². The van der Waals surface area contributed by atoms with Crippen LogP contribution in [0, 0.1) is 13.8 Å². The van der Waals surface area contributed by atoms with Crippen molar-refractivity contribution in [3.8, 4) is 5.75 Å². The molecule has 0 N–H and O–H groups in total. The number of ether oxygens (including phenoxy) is 1. The van der Waals surface area contributed by atoms with Gasteiger partial charge in [-0.05, 0) is 49.1 Å². The van der Waals surface area contributed by atoms with E-state index in [2.05, 4.69) is 29.9 Å². The van der Waals surface area contributed by atoms with E-state index in [0.29, 0.717) is 6.42 Å². The Morgan fingerprint density at radius 2 is 1.71 bits per heavy atom. The lowest BCUT2D eigenvalue weighted by Crippen LogP contribution is -2.02. The van der Waals surface area contributed by atoms with E-state index < -0.39 is 6.61 Å². The molecule has 0 aliphatic rings. The standard InChI is InChI=1S/C17H17ClF2O/c1-11-3-4-12(2)14(9-11)10-16(18)13-5-7-15(8-6-13)21-17(19)20/h3-9,16-17H,10H2,1-2H3. The number of halogens is 3. The van der Waals surface area contributed by atoms with E-state index in [4.69, 9.17) is 11.6 Å². The van der Waals surface area contributed by atoms with Crippen molar-refractivity contribution in [3.63, 3.8) is 0 Å². The fourth-order valence-electron chi connectivity index (χ4n) is 2.19. The number of alkyl halides is 3. The molecule has 0 saturated carbocycles. The van der Waals surface area contributed by atoms with E-state index in [0.717, 1.165) is 5.56 Å². The summed E-state index contributed by atoms with van der Waals surface area (Å²) in [5, 5.41) is -0.203. The summed E-state index contributed by atoms with van der Waals surface area (Å²) < 4.78 is 28.5. The van der Waals surface area contributed by atoms with Gasteiger partial charge in [0.15, 0.2) is 0 Å². The average molecular weight is 311 g/mol. The van der Waals surface area contributed by atoms with Crippen molar-refractivity contribution in [2.24, 2.45) is 0 Å². The monoisotopic (exact) mass is 310 g/mol. The van der Waals surface area contributed by atoms with Crippen LogP contribution >= 0.6 is 11.6 Å². The van der Waals surface area contributed by atoms with Crippen LogP contribution in [0.2, 0.25) is 0 Å². The normalized spacial score (nSPS) is 12.5. The predicted molar refractivity (Wildman–Crippen MR) is 81.3 cm³/mol. The van der Waals surface area contributed by atoms with Crippen LogP contribution in [0.5, 0.6) is 5.75 Å². The van der Waals surface area contributed by atoms with Gasteiger partial charge in [0, 0.05) is 0 Å². The molecule has 0 fully saturated rings. The van der Waals surface area contributed by atoms with E-state index in [1.807, 2.05) is 6.92 Å². The summed E-state index contributed by atoms with van der Waals surface area (Å²) in [7, 11) is 0. The first kappa shape index (κ1) is 15.8. The van der Waals surface area contributed by atoms with E-state index >= 15 is 0 Å². The number of benzene rings is 2. The zero-order valence-electron chi connectivity index (χ0n) is 11.9. The molecule has 1 unspecified atom stereocenters. The van der Waals surface area contributed by atoms with Crippen LogP contribution in [0.4, 0.5) is 8.78 Å². The molecule has 112 valence electrons. The molecule has 2 rings (SSSR count). The molecule has 0 heterocycles. The number of aryl methyl sites for hydroxylation is 2. The topological polar surface area (TPSA) is 9.23 Å². The molecule has 0 saturated heterocycles. The Labute approximate surface area is 128 Å². The smallest absolute Gasteiger partial charge is 0.387 e. The zero-order valence-corrected chi connectivity index (χ0v) is 12.7. The second kappa shape index (κ2) is 6.90. The zero-order chi connectivity index (χ0) is 15.4. The highest BCUT2D eigenvalue weighted by Crippen LogP contribution is 2.28. The molecule has 0 spiro atoms. The molecule has 2 aromatic rings. The molecule has 4 heteroatoms. The molecule has 0 radical (unpaired) electrons. The van der Waals surface area contributed by atoms with Crippen molar-refractivity contribution in [1.29, 1.82) is 0 Å². The maximum Gasteiger partial charge on any atom is 0.387 e. The third-order valence-electron chi connectivity index (χ3n) is 3.37. The Morgan fingerprint density at radius 3 is 2.33 bits per heavy atom. The lowest BCUT2D eigenvalue weighted by Gasteiger charge is -2.13. The molecule has 1 atom stereocenters. The van der Waals surface area contributed by atoms with Gasteiger partial charge in [-0.3, -0.25) is 0 Å². The molecule has 2 aromatic carbocycles. The fourth-order valence-corrected chi connectivity index (χ4v) is 2.50. The SMILES string of the molecule is Cc1ccc(C)c(CC(Cl)c2ccc(OC(F)F)cc2)c1. The van der Waals surface area contributed by atoms with Crippen molar-refractivity contribution in [1.82, 2.24) is 0 Å². The highest BCUT2D eigenvalue weighted by Gasteiger charge is 2.12. The molecule has 0 aliphatic carbocycles. The Morgan fingerprint density at radius 1 is 1.05 bits per heavy atom. The van der Waals surface area contributed by atoms with E-state index in [1.54, 1.807) is 12.1 Å². The van der Waals surface area contributed by atoms with Crippen LogP contribution in [-0.2, 0) is 6.42 Å². The number of rotatable bonds is 5. The molecule has 1 nitrogen and oxygen atoms in total. The molecule has 0 aromatic heterocycles. The van der Waals surface area contributed by atoms with E-state index in [-0.39, 0.29) is 11.1 Å². The molecular formula is C17H17ClF2O. The fraction of sp³-hybridized carbons (Fsp3) is 0.294. The van der Waals surface area contributed by atoms with Gasteiger partial charge in [0.05, 0.1) is 5.38 Å². The van der Waals surface area contributed by atoms with Gasteiger partial charge in [-0.2, -0.15) is 8.78 Å². The molecular weight excluding hydrogens is 294 g/mol. The van der Waals surface area contributed by atoms with Crippen molar-refractivity contribution in [3.05, 3.63) is 64.7 Å².